The van der Waals surface area contributed by atoms with Crippen molar-refractivity contribution in [2.45, 2.75) is 17.4 Å². The van der Waals surface area contributed by atoms with Gasteiger partial charge in [0.15, 0.2) is 9.84 Å². The van der Waals surface area contributed by atoms with Gasteiger partial charge < -0.3 is 15.0 Å². The highest BCUT2D eigenvalue weighted by atomic mass is 32.2. The molecule has 0 radical (unpaired) electrons. The van der Waals surface area contributed by atoms with E-state index in [0.717, 1.165) is 0 Å². The second kappa shape index (κ2) is 6.61. The molecule has 2 amide bonds. The number of benzene rings is 1. The number of carbonyl (C=O) groups is 1. The van der Waals surface area contributed by atoms with Crippen LogP contribution in [0.1, 0.15) is 0 Å². The van der Waals surface area contributed by atoms with E-state index in [1.807, 2.05) is 0 Å². The zero-order chi connectivity index (χ0) is 19.1. The number of anilines is 1. The lowest BCUT2D eigenvalue weighted by Crippen LogP contribution is -2.71. The van der Waals surface area contributed by atoms with E-state index in [0.29, 0.717) is 5.69 Å². The summed E-state index contributed by atoms with van der Waals surface area (Å²) in [5.41, 5.74) is -0.518. The van der Waals surface area contributed by atoms with Gasteiger partial charge in [-0.15, -0.1) is 0 Å². The molecule has 0 saturated carbocycles. The van der Waals surface area contributed by atoms with E-state index in [1.165, 1.54) is 23.1 Å². The summed E-state index contributed by atoms with van der Waals surface area (Å²) < 4.78 is 45.9. The van der Waals surface area contributed by atoms with Crippen molar-refractivity contribution in [1.82, 2.24) is 14.7 Å². The summed E-state index contributed by atoms with van der Waals surface area (Å²) in [4.78, 5) is 13.7. The van der Waals surface area contributed by atoms with Gasteiger partial charge in [0.25, 0.3) is 0 Å². The van der Waals surface area contributed by atoms with Crippen molar-refractivity contribution in [3.8, 4) is 0 Å². The molecule has 1 atom stereocenters. The fourth-order valence-electron chi connectivity index (χ4n) is 3.43. The Labute approximate surface area is 155 Å². The van der Waals surface area contributed by atoms with Gasteiger partial charge in [-0.05, 0) is 24.3 Å². The van der Waals surface area contributed by atoms with E-state index in [-0.39, 0.29) is 32.0 Å². The maximum atomic E-state index is 13.2. The summed E-state index contributed by atoms with van der Waals surface area (Å²) in [6, 6.07) is 6.91. The van der Waals surface area contributed by atoms with Crippen molar-refractivity contribution in [3.05, 3.63) is 48.5 Å². The Morgan fingerprint density at radius 1 is 1.37 bits per heavy atom. The maximum Gasteiger partial charge on any atom is 0.322 e. The number of likely N-dealkylation sites (tertiary alicyclic amines) is 1. The molecular formula is C17H19FN4O4S. The summed E-state index contributed by atoms with van der Waals surface area (Å²) >= 11 is 0. The highest BCUT2D eigenvalue weighted by Gasteiger charge is 2.53. The third-order valence-electron chi connectivity index (χ3n) is 4.82. The minimum absolute atomic E-state index is 0.0710. The molecule has 1 spiro atoms. The second-order valence-electron chi connectivity index (χ2n) is 6.95. The lowest BCUT2D eigenvalue weighted by atomic mass is 9.96. The van der Waals surface area contributed by atoms with Crippen LogP contribution in [0.15, 0.2) is 42.7 Å². The number of aromatic nitrogens is 2. The zero-order valence-electron chi connectivity index (χ0n) is 14.4. The van der Waals surface area contributed by atoms with Gasteiger partial charge in [-0.25, -0.2) is 17.6 Å². The Morgan fingerprint density at radius 2 is 2.19 bits per heavy atom. The predicted molar refractivity (Wildman–Crippen MR) is 95.5 cm³/mol. The fourth-order valence-corrected chi connectivity index (χ4v) is 5.32. The number of nitrogens with zero attached hydrogens (tertiary/aromatic N) is 3. The van der Waals surface area contributed by atoms with Gasteiger partial charge in [0.1, 0.15) is 16.7 Å². The van der Waals surface area contributed by atoms with Crippen LogP contribution in [0.3, 0.4) is 0 Å². The van der Waals surface area contributed by atoms with Crippen molar-refractivity contribution < 1.29 is 22.3 Å². The second-order valence-corrected chi connectivity index (χ2v) is 9.23. The van der Waals surface area contributed by atoms with Gasteiger partial charge in [-0.2, -0.15) is 5.10 Å². The van der Waals surface area contributed by atoms with E-state index >= 15 is 0 Å². The van der Waals surface area contributed by atoms with E-state index in [2.05, 4.69) is 10.4 Å². The number of hydrogen-bond acceptors (Lipinski definition) is 5. The lowest BCUT2D eigenvalue weighted by molar-refractivity contribution is -0.117. The average Bonchev–Trinajstić information content (AvgIpc) is 3.07. The van der Waals surface area contributed by atoms with Crippen LogP contribution >= 0.6 is 0 Å². The Kier molecular flexibility index (Phi) is 4.39. The third kappa shape index (κ3) is 3.67. The number of carbonyl (C=O) groups excluding carboxylic acids is 1. The van der Waals surface area contributed by atoms with Gasteiger partial charge >= 0.3 is 6.03 Å². The van der Waals surface area contributed by atoms with E-state index in [1.54, 1.807) is 29.2 Å². The summed E-state index contributed by atoms with van der Waals surface area (Å²) in [6.45, 7) is 0.681. The normalized spacial score (nSPS) is 23.0. The number of nitrogens with one attached hydrogen (secondary N) is 1. The van der Waals surface area contributed by atoms with Crippen molar-refractivity contribution in [3.63, 3.8) is 0 Å². The molecule has 10 heteroatoms. The van der Waals surface area contributed by atoms with Gasteiger partial charge in [-0.3, -0.25) is 4.68 Å². The van der Waals surface area contributed by atoms with E-state index in [9.17, 15) is 17.6 Å². The van der Waals surface area contributed by atoms with Crippen molar-refractivity contribution in [1.29, 1.82) is 0 Å². The molecule has 0 aliphatic carbocycles. The minimum Gasteiger partial charge on any atom is -0.369 e. The molecule has 0 bridgehead atoms. The summed E-state index contributed by atoms with van der Waals surface area (Å²) in [5, 5.41) is 5.98. The molecule has 2 aliphatic heterocycles. The first-order valence-corrected chi connectivity index (χ1v) is 10.2. The number of halogens is 1. The molecule has 27 heavy (non-hydrogen) atoms. The molecule has 3 heterocycles. The molecule has 2 aromatic rings. The summed E-state index contributed by atoms with van der Waals surface area (Å²) in [5.74, 6) is -0.576. The fraction of sp³-hybridized carbons (Fsp3) is 0.412. The molecule has 8 nitrogen and oxygen atoms in total. The monoisotopic (exact) mass is 394 g/mol. The van der Waals surface area contributed by atoms with Crippen LogP contribution in [-0.4, -0.2) is 65.4 Å². The molecule has 2 aliphatic rings. The quantitative estimate of drug-likeness (QED) is 0.842. The zero-order valence-corrected chi connectivity index (χ0v) is 15.2. The molecule has 144 valence electrons. The molecule has 2 saturated heterocycles. The van der Waals surface area contributed by atoms with Crippen LogP contribution in [-0.2, 0) is 21.1 Å². The van der Waals surface area contributed by atoms with Crippen LogP contribution in [0, 0.1) is 5.82 Å². The largest absolute Gasteiger partial charge is 0.369 e. The highest BCUT2D eigenvalue weighted by molar-refractivity contribution is 7.92. The Balaban J connectivity index is 1.35. The Bertz CT molecular complexity index is 942. The van der Waals surface area contributed by atoms with Crippen LogP contribution in [0.25, 0.3) is 0 Å². The van der Waals surface area contributed by atoms with E-state index < -0.39 is 32.5 Å². The van der Waals surface area contributed by atoms with Crippen molar-refractivity contribution in [2.24, 2.45) is 0 Å². The molecule has 1 N–H and O–H groups in total. The predicted octanol–water partition coefficient (Wildman–Crippen LogP) is 1.12. The first kappa shape index (κ1) is 17.9. The summed E-state index contributed by atoms with van der Waals surface area (Å²) in [6.07, 6.45) is 3.31. The number of amides is 2. The first-order valence-electron chi connectivity index (χ1n) is 8.50. The molecule has 0 unspecified atom stereocenters. The molecule has 2 fully saturated rings. The minimum atomic E-state index is -3.38. The lowest BCUT2D eigenvalue weighted by Gasteiger charge is -2.51. The van der Waals surface area contributed by atoms with Crippen LogP contribution in [0.2, 0.25) is 0 Å². The van der Waals surface area contributed by atoms with Crippen molar-refractivity contribution in [2.75, 3.05) is 30.8 Å². The van der Waals surface area contributed by atoms with Crippen LogP contribution in [0.4, 0.5) is 14.9 Å². The molecule has 1 aromatic heterocycles. The average molecular weight is 394 g/mol. The van der Waals surface area contributed by atoms with Crippen LogP contribution in [0.5, 0.6) is 0 Å². The molecule has 1 aromatic carbocycles. The summed E-state index contributed by atoms with van der Waals surface area (Å²) in [7, 11) is -3.38. The standard InChI is InChI=1S/C17H19FN4O4S/c18-13-3-1-4-14(7-13)20-16(23)21-10-17(11-21)12-27(24,25)15(9-26-17)8-22-6-2-5-19-22/h1-7,15H,8-12H2,(H,20,23)/t15-/m0/s1. The topological polar surface area (TPSA) is 93.5 Å². The Hall–Kier alpha value is -2.46. The number of hydrogen-bond donors (Lipinski definition) is 1. The first-order chi connectivity index (χ1) is 12.9. The number of rotatable bonds is 3. The highest BCUT2D eigenvalue weighted by Crippen LogP contribution is 2.33. The number of sulfone groups is 1. The molecular weight excluding hydrogens is 375 g/mol. The Morgan fingerprint density at radius 3 is 2.85 bits per heavy atom. The third-order valence-corrected chi connectivity index (χ3v) is 7.05. The van der Waals surface area contributed by atoms with Gasteiger partial charge in [-0.1, -0.05) is 6.07 Å². The van der Waals surface area contributed by atoms with E-state index in [4.69, 9.17) is 4.74 Å². The number of ether oxygens (including phenoxy) is 1. The SMILES string of the molecule is O=C(Nc1cccc(F)c1)N1CC2(C1)CS(=O)(=O)[C@@H](Cn1cccn1)CO2. The van der Waals surface area contributed by atoms with Gasteiger partial charge in [0.2, 0.25) is 0 Å². The molecule has 4 rings (SSSR count). The van der Waals surface area contributed by atoms with Gasteiger partial charge in [0, 0.05) is 18.1 Å². The number of urea groups is 1. The smallest absolute Gasteiger partial charge is 0.322 e. The van der Waals surface area contributed by atoms with Crippen molar-refractivity contribution >= 4 is 21.6 Å². The van der Waals surface area contributed by atoms with Crippen LogP contribution < -0.4 is 5.32 Å². The van der Waals surface area contributed by atoms with Gasteiger partial charge in [0.05, 0.1) is 32.0 Å². The maximum absolute atomic E-state index is 13.2.